The lowest BCUT2D eigenvalue weighted by Gasteiger charge is -2.17. The lowest BCUT2D eigenvalue weighted by Crippen LogP contribution is -2.28. The first-order chi connectivity index (χ1) is 10.0. The van der Waals surface area contributed by atoms with Crippen molar-refractivity contribution in [2.24, 2.45) is 0 Å². The van der Waals surface area contributed by atoms with Crippen LogP contribution < -0.4 is 5.32 Å². The maximum Gasteiger partial charge on any atom is 0.235 e. The number of hydrogen-bond acceptors (Lipinski definition) is 1. The predicted molar refractivity (Wildman–Crippen MR) is 77.1 cm³/mol. The second-order valence-corrected chi connectivity index (χ2v) is 5.50. The van der Waals surface area contributed by atoms with E-state index in [1.54, 1.807) is 18.2 Å². The molecule has 1 amide bonds. The quantitative estimate of drug-likeness (QED) is 0.910. The summed E-state index contributed by atoms with van der Waals surface area (Å²) >= 11 is 0. The van der Waals surface area contributed by atoms with Crippen molar-refractivity contribution in [3.63, 3.8) is 0 Å². The van der Waals surface area contributed by atoms with Gasteiger partial charge in [-0.1, -0.05) is 18.2 Å². The number of rotatable bonds is 3. The van der Waals surface area contributed by atoms with Crippen molar-refractivity contribution in [2.75, 3.05) is 5.32 Å². The first kappa shape index (κ1) is 13.7. The summed E-state index contributed by atoms with van der Waals surface area (Å²) < 4.78 is 26.3. The van der Waals surface area contributed by atoms with Gasteiger partial charge in [-0.2, -0.15) is 0 Å². The number of carbonyl (C=O) groups is 1. The number of benzene rings is 2. The first-order valence-corrected chi connectivity index (χ1v) is 6.85. The molecular weight excluding hydrogens is 272 g/mol. The number of hydrogen-bond donors (Lipinski definition) is 1. The van der Waals surface area contributed by atoms with Crippen molar-refractivity contribution in [3.05, 3.63) is 65.2 Å². The third-order valence-corrected chi connectivity index (χ3v) is 4.03. The van der Waals surface area contributed by atoms with Crippen LogP contribution in [0, 0.1) is 18.6 Å². The van der Waals surface area contributed by atoms with E-state index in [-0.39, 0.29) is 17.5 Å². The summed E-state index contributed by atoms with van der Waals surface area (Å²) in [6, 6.07) is 10.3. The number of carbonyl (C=O) groups excluding carboxylic acids is 1. The summed E-state index contributed by atoms with van der Waals surface area (Å²) in [7, 11) is 0. The molecule has 0 radical (unpaired) electrons. The number of halogens is 2. The van der Waals surface area contributed by atoms with E-state index in [1.807, 2.05) is 6.92 Å². The third kappa shape index (κ3) is 2.53. The van der Waals surface area contributed by atoms with Crippen LogP contribution in [0.4, 0.5) is 14.5 Å². The van der Waals surface area contributed by atoms with Gasteiger partial charge >= 0.3 is 0 Å². The molecule has 21 heavy (non-hydrogen) atoms. The van der Waals surface area contributed by atoms with E-state index in [4.69, 9.17) is 0 Å². The van der Waals surface area contributed by atoms with Gasteiger partial charge in [0.15, 0.2) is 0 Å². The summed E-state index contributed by atoms with van der Waals surface area (Å²) in [6.07, 6.45) is 1.44. The van der Waals surface area contributed by atoms with Crippen molar-refractivity contribution < 1.29 is 13.6 Å². The molecule has 0 heterocycles. The van der Waals surface area contributed by atoms with Crippen LogP contribution in [0.15, 0.2) is 42.5 Å². The maximum absolute atomic E-state index is 13.3. The standard InChI is InChI=1S/C17H15F2NO/c1-11-2-5-14(19)10-15(11)20-16(21)17(8-9-17)12-3-6-13(18)7-4-12/h2-7,10H,8-9H2,1H3,(H,20,21). The Morgan fingerprint density at radius 3 is 2.29 bits per heavy atom. The lowest BCUT2D eigenvalue weighted by molar-refractivity contribution is -0.118. The van der Waals surface area contributed by atoms with Gasteiger partial charge in [0.05, 0.1) is 5.41 Å². The second kappa shape index (κ2) is 4.95. The third-order valence-electron chi connectivity index (χ3n) is 4.03. The zero-order valence-electron chi connectivity index (χ0n) is 11.6. The Labute approximate surface area is 121 Å². The van der Waals surface area contributed by atoms with Crippen LogP contribution in [0.25, 0.3) is 0 Å². The molecule has 0 spiro atoms. The van der Waals surface area contributed by atoms with Gasteiger partial charge in [-0.05, 0) is 55.2 Å². The second-order valence-electron chi connectivity index (χ2n) is 5.50. The minimum absolute atomic E-state index is 0.164. The van der Waals surface area contributed by atoms with Crippen molar-refractivity contribution >= 4 is 11.6 Å². The molecule has 2 nitrogen and oxygen atoms in total. The Hall–Kier alpha value is -2.23. The van der Waals surface area contributed by atoms with E-state index >= 15 is 0 Å². The molecule has 0 unspecified atom stereocenters. The van der Waals surface area contributed by atoms with Crippen LogP contribution in [0.1, 0.15) is 24.0 Å². The van der Waals surface area contributed by atoms with Crippen LogP contribution in [-0.2, 0) is 10.2 Å². The molecule has 108 valence electrons. The highest BCUT2D eigenvalue weighted by atomic mass is 19.1. The van der Waals surface area contributed by atoms with Crippen LogP contribution in [-0.4, -0.2) is 5.91 Å². The molecule has 1 N–H and O–H groups in total. The Kier molecular flexibility index (Phi) is 3.24. The topological polar surface area (TPSA) is 29.1 Å². The monoisotopic (exact) mass is 287 g/mol. The smallest absolute Gasteiger partial charge is 0.235 e. The number of amides is 1. The van der Waals surface area contributed by atoms with Crippen molar-refractivity contribution in [1.29, 1.82) is 0 Å². The highest BCUT2D eigenvalue weighted by Crippen LogP contribution is 2.49. The van der Waals surface area contributed by atoms with Crippen molar-refractivity contribution in [1.82, 2.24) is 0 Å². The SMILES string of the molecule is Cc1ccc(F)cc1NC(=O)C1(c2ccc(F)cc2)CC1. The first-order valence-electron chi connectivity index (χ1n) is 6.85. The number of anilines is 1. The average Bonchev–Trinajstić information content (AvgIpc) is 3.25. The van der Waals surface area contributed by atoms with Gasteiger partial charge in [0.2, 0.25) is 5.91 Å². The molecule has 0 aliphatic heterocycles. The van der Waals surface area contributed by atoms with Crippen molar-refractivity contribution in [3.8, 4) is 0 Å². The summed E-state index contributed by atoms with van der Waals surface area (Å²) in [5.74, 6) is -0.874. The summed E-state index contributed by atoms with van der Waals surface area (Å²) in [5, 5.41) is 2.79. The molecule has 0 atom stereocenters. The van der Waals surface area contributed by atoms with Gasteiger partial charge in [-0.15, -0.1) is 0 Å². The van der Waals surface area contributed by atoms with E-state index in [9.17, 15) is 13.6 Å². The predicted octanol–water partition coefficient (Wildman–Crippen LogP) is 3.94. The normalized spacial score (nSPS) is 15.6. The number of aryl methyl sites for hydroxylation is 1. The van der Waals surface area contributed by atoms with Crippen molar-refractivity contribution in [2.45, 2.75) is 25.2 Å². The molecule has 2 aromatic rings. The van der Waals surface area contributed by atoms with Gasteiger partial charge in [0.25, 0.3) is 0 Å². The minimum atomic E-state index is -0.605. The van der Waals surface area contributed by atoms with E-state index in [2.05, 4.69) is 5.32 Å². The molecule has 0 aromatic heterocycles. The fourth-order valence-corrected chi connectivity index (χ4v) is 2.51. The lowest BCUT2D eigenvalue weighted by atomic mass is 9.94. The zero-order valence-corrected chi connectivity index (χ0v) is 11.6. The molecule has 0 saturated heterocycles. The summed E-state index contributed by atoms with van der Waals surface area (Å²) in [6.45, 7) is 1.81. The largest absolute Gasteiger partial charge is 0.325 e. The van der Waals surface area contributed by atoms with Crippen LogP contribution in [0.3, 0.4) is 0 Å². The zero-order chi connectivity index (χ0) is 15.0. The molecule has 4 heteroatoms. The van der Waals surface area contributed by atoms with Crippen LogP contribution in [0.2, 0.25) is 0 Å². The molecule has 1 fully saturated rings. The molecule has 3 rings (SSSR count). The number of nitrogens with one attached hydrogen (secondary N) is 1. The van der Waals surface area contributed by atoms with Gasteiger partial charge in [0.1, 0.15) is 11.6 Å². The Morgan fingerprint density at radius 1 is 1.05 bits per heavy atom. The molecular formula is C17H15F2NO. The molecule has 1 aliphatic carbocycles. The fraction of sp³-hybridized carbons (Fsp3) is 0.235. The van der Waals surface area contributed by atoms with Gasteiger partial charge in [-0.3, -0.25) is 4.79 Å². The Bertz CT molecular complexity index is 690. The van der Waals surface area contributed by atoms with E-state index in [0.717, 1.165) is 24.0 Å². The van der Waals surface area contributed by atoms with E-state index in [1.165, 1.54) is 24.3 Å². The fourth-order valence-electron chi connectivity index (χ4n) is 2.51. The highest BCUT2D eigenvalue weighted by Gasteiger charge is 2.51. The molecule has 1 aliphatic rings. The summed E-state index contributed by atoms with van der Waals surface area (Å²) in [5.41, 5.74) is 1.48. The van der Waals surface area contributed by atoms with Crippen LogP contribution >= 0.6 is 0 Å². The minimum Gasteiger partial charge on any atom is -0.325 e. The Morgan fingerprint density at radius 2 is 1.67 bits per heavy atom. The van der Waals surface area contributed by atoms with Gasteiger partial charge in [0, 0.05) is 5.69 Å². The van der Waals surface area contributed by atoms with E-state index < -0.39 is 5.41 Å². The maximum atomic E-state index is 13.3. The van der Waals surface area contributed by atoms with Gasteiger partial charge < -0.3 is 5.32 Å². The molecule has 2 aromatic carbocycles. The van der Waals surface area contributed by atoms with E-state index in [0.29, 0.717) is 5.69 Å². The van der Waals surface area contributed by atoms with Crippen LogP contribution in [0.5, 0.6) is 0 Å². The van der Waals surface area contributed by atoms with Gasteiger partial charge in [-0.25, -0.2) is 8.78 Å². The molecule has 0 bridgehead atoms. The average molecular weight is 287 g/mol. The molecule has 1 saturated carbocycles. The highest BCUT2D eigenvalue weighted by molar-refractivity contribution is 6.01. The summed E-state index contributed by atoms with van der Waals surface area (Å²) in [4.78, 5) is 12.5. The Balaban J connectivity index is 1.85.